The van der Waals surface area contributed by atoms with Crippen molar-refractivity contribution >= 4 is 77.2 Å². The monoisotopic (exact) mass is 1070 g/mol. The topological polar surface area (TPSA) is 6.48 Å². The predicted molar refractivity (Wildman–Crippen MR) is 358 cm³/mol. The molecule has 0 unspecified atom stereocenters. The molecule has 2 heteroatoms. The van der Waals surface area contributed by atoms with Gasteiger partial charge in [0.25, 0.3) is 0 Å². The summed E-state index contributed by atoms with van der Waals surface area (Å²) in [5.74, 6) is 0. The first-order chi connectivity index (χ1) is 41.6. The first-order valence-electron chi connectivity index (χ1n) is 28.9. The van der Waals surface area contributed by atoms with Gasteiger partial charge in [-0.05, 0) is 207 Å². The molecule has 84 heavy (non-hydrogen) atoms. The van der Waals surface area contributed by atoms with Crippen LogP contribution in [0.25, 0.3) is 110 Å². The van der Waals surface area contributed by atoms with Crippen LogP contribution >= 0.6 is 0 Å². The van der Waals surface area contributed by atoms with E-state index in [9.17, 15) is 0 Å². The van der Waals surface area contributed by atoms with Gasteiger partial charge >= 0.3 is 0 Å². The van der Waals surface area contributed by atoms with Crippen LogP contribution in [-0.4, -0.2) is 0 Å². The van der Waals surface area contributed by atoms with Crippen LogP contribution in [0.15, 0.2) is 340 Å². The third-order valence-electron chi connectivity index (χ3n) is 16.5. The standard InChI is InChI=1S/C82H56N2/c1-7-23-57(24-8-1)67-49-68(58-25-9-2-10-26-58)52-75(51-67)83(71-35-15-5-16-36-71)73-43-45-77-79(55-73)81(65-41-39-61-31-19-21-33-63(61)47-65)78-46-44-74(56-80(78)82(77)66-42-40-62-32-20-22-34-64(62)48-66)84(72-37-17-6-18-38-72)76-53-69(59-27-11-3-12-28-59)50-70(54-76)60-29-13-4-14-30-60/h1-56H. The summed E-state index contributed by atoms with van der Waals surface area (Å²) >= 11 is 0. The molecule has 0 bridgehead atoms. The molecule has 0 aliphatic carbocycles. The number of nitrogens with zero attached hydrogens (tertiary/aromatic N) is 2. The summed E-state index contributed by atoms with van der Waals surface area (Å²) in [6.45, 7) is 0. The molecule has 394 valence electrons. The van der Waals surface area contributed by atoms with E-state index in [2.05, 4.69) is 350 Å². The number of benzene rings is 15. The predicted octanol–water partition coefficient (Wildman–Crippen LogP) is 23.2. The van der Waals surface area contributed by atoms with Crippen LogP contribution in [0.4, 0.5) is 34.1 Å². The maximum absolute atomic E-state index is 2.46. The molecule has 0 heterocycles. The molecule has 0 aromatic heterocycles. The van der Waals surface area contributed by atoms with Crippen molar-refractivity contribution in [3.63, 3.8) is 0 Å². The number of anilines is 6. The SMILES string of the molecule is c1ccc(-c2cc(-c3ccccc3)cc(N(c3ccccc3)c3ccc4c(-c5ccc6ccccc6c5)c5cc(N(c6ccccc6)c6cc(-c7ccccc7)cc(-c7ccccc7)c6)ccc5c(-c5ccc6ccccc6c5)c4c3)c2)cc1. The lowest BCUT2D eigenvalue weighted by atomic mass is 9.84. The summed E-state index contributed by atoms with van der Waals surface area (Å²) in [5.41, 5.74) is 20.3. The van der Waals surface area contributed by atoms with E-state index in [4.69, 9.17) is 0 Å². The van der Waals surface area contributed by atoms with Gasteiger partial charge in [-0.25, -0.2) is 0 Å². The molecule has 15 aromatic rings. The molecule has 0 saturated heterocycles. The molecule has 0 fully saturated rings. The zero-order valence-corrected chi connectivity index (χ0v) is 46.2. The molecule has 0 aliphatic rings. The number of rotatable bonds is 12. The average molecular weight is 1070 g/mol. The Kier molecular flexibility index (Phi) is 12.9. The van der Waals surface area contributed by atoms with E-state index >= 15 is 0 Å². The van der Waals surface area contributed by atoms with Crippen LogP contribution in [0.3, 0.4) is 0 Å². The van der Waals surface area contributed by atoms with Gasteiger partial charge in [0.1, 0.15) is 0 Å². The highest BCUT2D eigenvalue weighted by atomic mass is 15.1. The van der Waals surface area contributed by atoms with E-state index in [1.165, 1.54) is 65.7 Å². The maximum atomic E-state index is 2.46. The third kappa shape index (κ3) is 9.52. The van der Waals surface area contributed by atoms with Crippen LogP contribution in [0.1, 0.15) is 0 Å². The summed E-state index contributed by atoms with van der Waals surface area (Å²) in [5, 5.41) is 9.47. The minimum absolute atomic E-state index is 1.06. The van der Waals surface area contributed by atoms with Crippen molar-refractivity contribution < 1.29 is 0 Å². The second-order valence-corrected chi connectivity index (χ2v) is 21.7. The zero-order valence-electron chi connectivity index (χ0n) is 46.2. The highest BCUT2D eigenvalue weighted by Crippen LogP contribution is 2.50. The fraction of sp³-hybridized carbons (Fsp3) is 0. The van der Waals surface area contributed by atoms with Gasteiger partial charge in [0, 0.05) is 34.1 Å². The van der Waals surface area contributed by atoms with Gasteiger partial charge in [0.2, 0.25) is 0 Å². The fourth-order valence-corrected chi connectivity index (χ4v) is 12.5. The second kappa shape index (κ2) is 21.8. The highest BCUT2D eigenvalue weighted by molar-refractivity contribution is 6.23. The molecule has 15 aromatic carbocycles. The molecular weight excluding hydrogens is 1010 g/mol. The highest BCUT2D eigenvalue weighted by Gasteiger charge is 2.24. The lowest BCUT2D eigenvalue weighted by Crippen LogP contribution is -2.11. The molecule has 0 N–H and O–H groups in total. The average Bonchev–Trinajstić information content (AvgIpc) is 1.52. The molecule has 0 radical (unpaired) electrons. The van der Waals surface area contributed by atoms with Crippen molar-refractivity contribution in [3.05, 3.63) is 340 Å². The minimum atomic E-state index is 1.06. The Hall–Kier alpha value is -11.1. The van der Waals surface area contributed by atoms with Crippen LogP contribution in [0.5, 0.6) is 0 Å². The summed E-state index contributed by atoms with van der Waals surface area (Å²) < 4.78 is 0. The third-order valence-corrected chi connectivity index (χ3v) is 16.5. The van der Waals surface area contributed by atoms with Crippen LogP contribution in [-0.2, 0) is 0 Å². The molecular formula is C82H56N2. The van der Waals surface area contributed by atoms with Gasteiger partial charge in [-0.3, -0.25) is 0 Å². The Balaban J connectivity index is 1.03. The number of hydrogen-bond acceptors (Lipinski definition) is 2. The normalized spacial score (nSPS) is 11.3. The van der Waals surface area contributed by atoms with Crippen molar-refractivity contribution in [1.82, 2.24) is 0 Å². The largest absolute Gasteiger partial charge is 0.310 e. The molecule has 0 aliphatic heterocycles. The Morgan fingerprint density at radius 2 is 0.440 bits per heavy atom. The molecule has 0 amide bonds. The van der Waals surface area contributed by atoms with Crippen molar-refractivity contribution in [2.45, 2.75) is 0 Å². The van der Waals surface area contributed by atoms with Crippen LogP contribution < -0.4 is 9.80 Å². The van der Waals surface area contributed by atoms with E-state index in [0.29, 0.717) is 0 Å². The van der Waals surface area contributed by atoms with Crippen molar-refractivity contribution in [2.75, 3.05) is 9.80 Å². The van der Waals surface area contributed by atoms with Crippen molar-refractivity contribution in [1.29, 1.82) is 0 Å². The Morgan fingerprint density at radius 1 is 0.143 bits per heavy atom. The van der Waals surface area contributed by atoms with Crippen molar-refractivity contribution in [3.8, 4) is 66.8 Å². The molecule has 0 saturated carbocycles. The molecule has 2 nitrogen and oxygen atoms in total. The van der Waals surface area contributed by atoms with Gasteiger partial charge in [-0.1, -0.05) is 243 Å². The van der Waals surface area contributed by atoms with E-state index in [1.807, 2.05) is 0 Å². The van der Waals surface area contributed by atoms with Gasteiger partial charge in [-0.2, -0.15) is 0 Å². The molecule has 0 atom stereocenters. The number of para-hydroxylation sites is 2. The molecule has 15 rings (SSSR count). The Bertz CT molecular complexity index is 4440. The van der Waals surface area contributed by atoms with Crippen LogP contribution in [0.2, 0.25) is 0 Å². The molecule has 0 spiro atoms. The van der Waals surface area contributed by atoms with E-state index in [0.717, 1.165) is 78.3 Å². The Morgan fingerprint density at radius 3 is 0.774 bits per heavy atom. The first kappa shape index (κ1) is 49.9. The number of hydrogen-bond donors (Lipinski definition) is 0. The van der Waals surface area contributed by atoms with E-state index in [1.54, 1.807) is 0 Å². The fourth-order valence-electron chi connectivity index (χ4n) is 12.5. The maximum Gasteiger partial charge on any atom is 0.0473 e. The minimum Gasteiger partial charge on any atom is -0.310 e. The van der Waals surface area contributed by atoms with Gasteiger partial charge in [-0.15, -0.1) is 0 Å². The summed E-state index contributed by atoms with van der Waals surface area (Å²) in [6, 6.07) is 125. The van der Waals surface area contributed by atoms with Crippen LogP contribution in [0, 0.1) is 0 Å². The van der Waals surface area contributed by atoms with E-state index in [-0.39, 0.29) is 0 Å². The lowest BCUT2D eigenvalue weighted by molar-refractivity contribution is 1.29. The summed E-state index contributed by atoms with van der Waals surface area (Å²) in [4.78, 5) is 4.88. The van der Waals surface area contributed by atoms with Gasteiger partial charge in [0.05, 0.1) is 0 Å². The zero-order chi connectivity index (χ0) is 55.8. The quantitative estimate of drug-likeness (QED) is 0.113. The Labute approximate surface area is 490 Å². The van der Waals surface area contributed by atoms with Gasteiger partial charge < -0.3 is 9.80 Å². The first-order valence-corrected chi connectivity index (χ1v) is 28.9. The van der Waals surface area contributed by atoms with Crippen molar-refractivity contribution in [2.24, 2.45) is 0 Å². The summed E-state index contributed by atoms with van der Waals surface area (Å²) in [7, 11) is 0. The lowest BCUT2D eigenvalue weighted by Gasteiger charge is -2.29. The van der Waals surface area contributed by atoms with E-state index < -0.39 is 0 Å². The summed E-state index contributed by atoms with van der Waals surface area (Å²) in [6.07, 6.45) is 0. The smallest absolute Gasteiger partial charge is 0.0473 e. The number of fused-ring (bicyclic) bond motifs is 4. The van der Waals surface area contributed by atoms with Gasteiger partial charge in [0.15, 0.2) is 0 Å². The second-order valence-electron chi connectivity index (χ2n) is 21.7.